The second-order valence-corrected chi connectivity index (χ2v) is 4.73. The van der Waals surface area contributed by atoms with E-state index in [4.69, 9.17) is 9.84 Å². The standard InChI is InChI=1S/C15H12FNO3/c16-10-3-5-11(6-4-10)20-14-12(9-1-2-9)7-8-13(17-14)15(18)19/h3-9H,1-2H2,(H,18,19). The van der Waals surface area contributed by atoms with Gasteiger partial charge in [0.25, 0.3) is 0 Å². The first-order chi connectivity index (χ1) is 9.63. The molecule has 0 bridgehead atoms. The van der Waals surface area contributed by atoms with Crippen LogP contribution in [-0.4, -0.2) is 16.1 Å². The van der Waals surface area contributed by atoms with E-state index in [0.717, 1.165) is 18.4 Å². The Bertz CT molecular complexity index is 651. The number of rotatable bonds is 4. The number of hydrogen-bond acceptors (Lipinski definition) is 3. The highest BCUT2D eigenvalue weighted by Crippen LogP contribution is 2.44. The molecule has 5 heteroatoms. The summed E-state index contributed by atoms with van der Waals surface area (Å²) in [4.78, 5) is 15.0. The largest absolute Gasteiger partial charge is 0.477 e. The zero-order valence-corrected chi connectivity index (χ0v) is 10.5. The monoisotopic (exact) mass is 273 g/mol. The van der Waals surface area contributed by atoms with Crippen LogP contribution in [0.3, 0.4) is 0 Å². The Hall–Kier alpha value is -2.43. The topological polar surface area (TPSA) is 59.4 Å². The average molecular weight is 273 g/mol. The quantitative estimate of drug-likeness (QED) is 0.924. The SMILES string of the molecule is O=C(O)c1ccc(C2CC2)c(Oc2ccc(F)cc2)n1. The van der Waals surface area contributed by atoms with Crippen molar-refractivity contribution in [3.63, 3.8) is 0 Å². The summed E-state index contributed by atoms with van der Waals surface area (Å²) in [6.07, 6.45) is 2.10. The number of ether oxygens (including phenoxy) is 1. The minimum absolute atomic E-state index is 0.0634. The molecule has 1 aliphatic carbocycles. The molecule has 1 fully saturated rings. The van der Waals surface area contributed by atoms with E-state index in [-0.39, 0.29) is 11.5 Å². The fourth-order valence-corrected chi connectivity index (χ4v) is 1.97. The summed E-state index contributed by atoms with van der Waals surface area (Å²) in [5.41, 5.74) is 0.839. The van der Waals surface area contributed by atoms with Crippen LogP contribution in [0.25, 0.3) is 0 Å². The Morgan fingerprint density at radius 3 is 2.50 bits per heavy atom. The van der Waals surface area contributed by atoms with Gasteiger partial charge in [-0.25, -0.2) is 14.2 Å². The van der Waals surface area contributed by atoms with Gasteiger partial charge in [-0.15, -0.1) is 0 Å². The highest BCUT2D eigenvalue weighted by Gasteiger charge is 2.28. The third-order valence-electron chi connectivity index (χ3n) is 3.15. The number of nitrogens with zero attached hydrogens (tertiary/aromatic N) is 1. The molecule has 1 N–H and O–H groups in total. The Morgan fingerprint density at radius 2 is 1.90 bits per heavy atom. The van der Waals surface area contributed by atoms with Crippen molar-refractivity contribution in [3.05, 3.63) is 53.5 Å². The van der Waals surface area contributed by atoms with Crippen molar-refractivity contribution in [1.29, 1.82) is 0 Å². The van der Waals surface area contributed by atoms with E-state index in [1.807, 2.05) is 0 Å². The first kappa shape index (κ1) is 12.6. The predicted octanol–water partition coefficient (Wildman–Crippen LogP) is 3.59. The number of halogens is 1. The lowest BCUT2D eigenvalue weighted by Crippen LogP contribution is -2.03. The summed E-state index contributed by atoms with van der Waals surface area (Å²) in [5, 5.41) is 8.99. The van der Waals surface area contributed by atoms with E-state index >= 15 is 0 Å². The molecule has 1 heterocycles. The van der Waals surface area contributed by atoms with Gasteiger partial charge in [0, 0.05) is 5.56 Å². The first-order valence-electron chi connectivity index (χ1n) is 6.31. The molecule has 4 nitrogen and oxygen atoms in total. The van der Waals surface area contributed by atoms with Gasteiger partial charge < -0.3 is 9.84 Å². The van der Waals surface area contributed by atoms with Crippen LogP contribution in [0.2, 0.25) is 0 Å². The lowest BCUT2D eigenvalue weighted by atomic mass is 10.1. The van der Waals surface area contributed by atoms with Crippen LogP contribution in [0.5, 0.6) is 11.6 Å². The van der Waals surface area contributed by atoms with Crippen molar-refractivity contribution < 1.29 is 19.0 Å². The number of aromatic carboxylic acids is 1. The third-order valence-corrected chi connectivity index (χ3v) is 3.15. The van der Waals surface area contributed by atoms with Gasteiger partial charge in [0.05, 0.1) is 0 Å². The highest BCUT2D eigenvalue weighted by molar-refractivity contribution is 5.85. The minimum Gasteiger partial charge on any atom is -0.477 e. The molecule has 2 aromatic rings. The van der Waals surface area contributed by atoms with Gasteiger partial charge in [-0.1, -0.05) is 6.07 Å². The number of benzene rings is 1. The summed E-state index contributed by atoms with van der Waals surface area (Å²) in [6, 6.07) is 8.77. The van der Waals surface area contributed by atoms with Crippen LogP contribution in [0.1, 0.15) is 34.8 Å². The molecule has 1 saturated carbocycles. The van der Waals surface area contributed by atoms with Gasteiger partial charge in [0.1, 0.15) is 11.6 Å². The summed E-state index contributed by atoms with van der Waals surface area (Å²) < 4.78 is 18.5. The van der Waals surface area contributed by atoms with Crippen molar-refractivity contribution in [2.24, 2.45) is 0 Å². The zero-order chi connectivity index (χ0) is 14.1. The number of carboxylic acid groups (broad SMARTS) is 1. The number of aromatic nitrogens is 1. The Balaban J connectivity index is 1.94. The lowest BCUT2D eigenvalue weighted by molar-refractivity contribution is 0.0689. The summed E-state index contributed by atoms with van der Waals surface area (Å²) in [5.74, 6) is -0.355. The predicted molar refractivity (Wildman–Crippen MR) is 69.6 cm³/mol. The maximum Gasteiger partial charge on any atom is 0.354 e. The Labute approximate surface area is 114 Å². The molecule has 1 aromatic carbocycles. The van der Waals surface area contributed by atoms with Crippen molar-refractivity contribution in [2.45, 2.75) is 18.8 Å². The minimum atomic E-state index is -1.10. The van der Waals surface area contributed by atoms with Gasteiger partial charge in [-0.05, 0) is 49.1 Å². The van der Waals surface area contributed by atoms with Crippen molar-refractivity contribution in [3.8, 4) is 11.6 Å². The number of carboxylic acids is 1. The second kappa shape index (κ2) is 4.92. The molecule has 0 saturated heterocycles. The molecule has 1 aromatic heterocycles. The Morgan fingerprint density at radius 1 is 1.20 bits per heavy atom. The van der Waals surface area contributed by atoms with E-state index in [0.29, 0.717) is 17.5 Å². The van der Waals surface area contributed by atoms with Gasteiger partial charge in [-0.3, -0.25) is 0 Å². The number of carbonyl (C=O) groups is 1. The van der Waals surface area contributed by atoms with Crippen LogP contribution in [-0.2, 0) is 0 Å². The molecule has 102 valence electrons. The number of pyridine rings is 1. The summed E-state index contributed by atoms with van der Waals surface area (Å²) in [7, 11) is 0. The second-order valence-electron chi connectivity index (χ2n) is 4.73. The van der Waals surface area contributed by atoms with E-state index < -0.39 is 5.97 Å². The molecule has 0 unspecified atom stereocenters. The number of hydrogen-bond donors (Lipinski definition) is 1. The molecule has 0 atom stereocenters. The van der Waals surface area contributed by atoms with Gasteiger partial charge in [-0.2, -0.15) is 0 Å². The molecule has 1 aliphatic rings. The smallest absolute Gasteiger partial charge is 0.354 e. The van der Waals surface area contributed by atoms with E-state index in [1.165, 1.54) is 30.3 Å². The molecule has 0 aliphatic heterocycles. The van der Waals surface area contributed by atoms with Crippen molar-refractivity contribution >= 4 is 5.97 Å². The van der Waals surface area contributed by atoms with E-state index in [9.17, 15) is 9.18 Å². The van der Waals surface area contributed by atoms with Crippen LogP contribution >= 0.6 is 0 Å². The van der Waals surface area contributed by atoms with Crippen LogP contribution in [0.15, 0.2) is 36.4 Å². The van der Waals surface area contributed by atoms with Gasteiger partial charge in [0.15, 0.2) is 5.69 Å². The molecule has 0 amide bonds. The molecule has 20 heavy (non-hydrogen) atoms. The molecule has 3 rings (SSSR count). The molecular formula is C15H12FNO3. The van der Waals surface area contributed by atoms with Crippen LogP contribution in [0, 0.1) is 5.82 Å². The molecule has 0 spiro atoms. The maximum atomic E-state index is 12.9. The zero-order valence-electron chi connectivity index (χ0n) is 10.5. The van der Waals surface area contributed by atoms with Crippen LogP contribution < -0.4 is 4.74 Å². The lowest BCUT2D eigenvalue weighted by Gasteiger charge is -2.10. The first-order valence-corrected chi connectivity index (χ1v) is 6.31. The van der Waals surface area contributed by atoms with Crippen molar-refractivity contribution in [2.75, 3.05) is 0 Å². The van der Waals surface area contributed by atoms with Crippen LogP contribution in [0.4, 0.5) is 4.39 Å². The molecule has 0 radical (unpaired) electrons. The van der Waals surface area contributed by atoms with E-state index in [2.05, 4.69) is 4.98 Å². The maximum absolute atomic E-state index is 12.9. The van der Waals surface area contributed by atoms with E-state index in [1.54, 1.807) is 6.07 Å². The van der Waals surface area contributed by atoms with Crippen molar-refractivity contribution in [1.82, 2.24) is 4.98 Å². The third kappa shape index (κ3) is 2.61. The summed E-state index contributed by atoms with van der Waals surface area (Å²) >= 11 is 0. The average Bonchev–Trinajstić information content (AvgIpc) is 3.26. The Kier molecular flexibility index (Phi) is 3.10. The van der Waals surface area contributed by atoms with Gasteiger partial charge >= 0.3 is 5.97 Å². The normalized spacial score (nSPS) is 14.1. The fourth-order valence-electron chi connectivity index (χ4n) is 1.97. The van der Waals surface area contributed by atoms with Gasteiger partial charge in [0.2, 0.25) is 5.88 Å². The summed E-state index contributed by atoms with van der Waals surface area (Å²) in [6.45, 7) is 0. The highest BCUT2D eigenvalue weighted by atomic mass is 19.1. The molecular weight excluding hydrogens is 261 g/mol. The fraction of sp³-hybridized carbons (Fsp3) is 0.200.